The Bertz CT molecular complexity index is 1300. The van der Waals surface area contributed by atoms with Crippen LogP contribution in [-0.2, 0) is 4.79 Å². The lowest BCUT2D eigenvalue weighted by molar-refractivity contribution is -0.109. The second-order valence-electron chi connectivity index (χ2n) is 8.21. The minimum absolute atomic E-state index is 0.152. The van der Waals surface area contributed by atoms with E-state index in [0.29, 0.717) is 25.2 Å². The van der Waals surface area contributed by atoms with Gasteiger partial charge in [0.15, 0.2) is 0 Å². The summed E-state index contributed by atoms with van der Waals surface area (Å²) in [6.07, 6.45) is 14.3. The molecule has 2 N–H and O–H groups in total. The van der Waals surface area contributed by atoms with Gasteiger partial charge in [-0.15, -0.1) is 0 Å². The number of benzene rings is 2. The number of hydrogen-bond donors (Lipinski definition) is 2. The van der Waals surface area contributed by atoms with E-state index in [9.17, 15) is 9.59 Å². The SMILES string of the molecule is O=CC(C/C=C/c1ccc(N(CC2=CNCC=C2)c2ncccn2)cc1)NC(=O)c1c(Cl)cccc1Cl. The number of amides is 1. The molecule has 188 valence electrons. The van der Waals surface area contributed by atoms with E-state index >= 15 is 0 Å². The maximum Gasteiger partial charge on any atom is 0.254 e. The molecule has 7 nitrogen and oxygen atoms in total. The number of aldehydes is 1. The highest BCUT2D eigenvalue weighted by atomic mass is 35.5. The number of rotatable bonds is 10. The molecular formula is C28H25Cl2N5O2. The summed E-state index contributed by atoms with van der Waals surface area (Å²) in [5.41, 5.74) is 3.15. The van der Waals surface area contributed by atoms with Gasteiger partial charge in [-0.05, 0) is 47.9 Å². The van der Waals surface area contributed by atoms with Crippen molar-refractivity contribution in [1.82, 2.24) is 20.6 Å². The Morgan fingerprint density at radius 3 is 2.46 bits per heavy atom. The summed E-state index contributed by atoms with van der Waals surface area (Å²) in [6.45, 7) is 1.42. The average Bonchev–Trinajstić information content (AvgIpc) is 2.92. The zero-order valence-electron chi connectivity index (χ0n) is 19.9. The Kier molecular flexibility index (Phi) is 9.08. The molecule has 2 aromatic carbocycles. The minimum Gasteiger partial charge on any atom is -0.387 e. The molecule has 1 aliphatic rings. The van der Waals surface area contributed by atoms with Crippen molar-refractivity contribution < 1.29 is 9.59 Å². The number of dihydropyridines is 1. The van der Waals surface area contributed by atoms with Crippen molar-refractivity contribution in [2.24, 2.45) is 0 Å². The first-order valence-electron chi connectivity index (χ1n) is 11.7. The molecule has 1 amide bonds. The molecular weight excluding hydrogens is 509 g/mol. The van der Waals surface area contributed by atoms with Crippen molar-refractivity contribution in [2.75, 3.05) is 18.0 Å². The molecule has 1 aromatic heterocycles. The summed E-state index contributed by atoms with van der Waals surface area (Å²) >= 11 is 12.2. The van der Waals surface area contributed by atoms with E-state index < -0.39 is 11.9 Å². The molecule has 0 saturated heterocycles. The molecule has 0 saturated carbocycles. The summed E-state index contributed by atoms with van der Waals surface area (Å²) in [4.78, 5) is 35.0. The number of aromatic nitrogens is 2. The maximum atomic E-state index is 12.6. The zero-order chi connectivity index (χ0) is 26.0. The molecule has 4 rings (SSSR count). The summed E-state index contributed by atoms with van der Waals surface area (Å²) in [7, 11) is 0. The van der Waals surface area contributed by atoms with Crippen molar-refractivity contribution in [3.63, 3.8) is 0 Å². The first kappa shape index (κ1) is 26.1. The lowest BCUT2D eigenvalue weighted by Gasteiger charge is -2.24. The van der Waals surface area contributed by atoms with Gasteiger partial charge in [0.1, 0.15) is 6.29 Å². The van der Waals surface area contributed by atoms with Crippen LogP contribution in [0.5, 0.6) is 0 Å². The van der Waals surface area contributed by atoms with Crippen LogP contribution >= 0.6 is 23.2 Å². The molecule has 2 heterocycles. The molecule has 0 bridgehead atoms. The lowest BCUT2D eigenvalue weighted by Crippen LogP contribution is -2.35. The van der Waals surface area contributed by atoms with Gasteiger partial charge in [-0.1, -0.05) is 65.7 Å². The maximum absolute atomic E-state index is 12.6. The van der Waals surface area contributed by atoms with Crippen LogP contribution in [0.1, 0.15) is 22.3 Å². The standard InChI is InChI=1S/C28H25Cl2N5O2/c29-24-8-2-9-25(30)26(24)27(37)34-22(19-36)7-1-5-20-10-12-23(13-11-20)35(28-32-15-4-16-33-28)18-21-6-3-14-31-17-21/h1-6,8-13,15-17,19,22,31H,7,14,18H2,(H,34,37)/b5-1+. The summed E-state index contributed by atoms with van der Waals surface area (Å²) in [5.74, 6) is 0.112. The molecule has 37 heavy (non-hydrogen) atoms. The van der Waals surface area contributed by atoms with Gasteiger partial charge in [-0.2, -0.15) is 0 Å². The van der Waals surface area contributed by atoms with Crippen molar-refractivity contribution in [3.05, 3.63) is 112 Å². The minimum atomic E-state index is -0.716. The van der Waals surface area contributed by atoms with E-state index in [0.717, 1.165) is 23.4 Å². The Morgan fingerprint density at radius 2 is 1.81 bits per heavy atom. The van der Waals surface area contributed by atoms with Crippen molar-refractivity contribution >= 4 is 53.1 Å². The van der Waals surface area contributed by atoms with E-state index in [-0.39, 0.29) is 15.6 Å². The van der Waals surface area contributed by atoms with Crippen molar-refractivity contribution in [1.29, 1.82) is 0 Å². The predicted octanol–water partition coefficient (Wildman–Crippen LogP) is 5.37. The smallest absolute Gasteiger partial charge is 0.254 e. The Hall–Kier alpha value is -3.94. The highest BCUT2D eigenvalue weighted by molar-refractivity contribution is 6.39. The van der Waals surface area contributed by atoms with Crippen LogP contribution in [0.25, 0.3) is 6.08 Å². The average molecular weight is 534 g/mol. The van der Waals surface area contributed by atoms with E-state index in [1.54, 1.807) is 36.7 Å². The fourth-order valence-corrected chi connectivity index (χ4v) is 4.29. The fraction of sp³-hybridized carbons (Fsp3) is 0.143. The van der Waals surface area contributed by atoms with Crippen molar-refractivity contribution in [3.8, 4) is 0 Å². The van der Waals surface area contributed by atoms with Crippen LogP contribution in [0.3, 0.4) is 0 Å². The number of carbonyl (C=O) groups is 2. The van der Waals surface area contributed by atoms with Gasteiger partial charge in [-0.25, -0.2) is 9.97 Å². The monoisotopic (exact) mass is 533 g/mol. The molecule has 1 unspecified atom stereocenters. The van der Waals surface area contributed by atoms with Crippen LogP contribution in [0.4, 0.5) is 11.6 Å². The van der Waals surface area contributed by atoms with Crippen LogP contribution in [0.2, 0.25) is 10.0 Å². The molecule has 9 heteroatoms. The van der Waals surface area contributed by atoms with Gasteiger partial charge in [0.25, 0.3) is 5.91 Å². The number of carbonyl (C=O) groups excluding carboxylic acids is 2. The van der Waals surface area contributed by atoms with Gasteiger partial charge >= 0.3 is 0 Å². The summed E-state index contributed by atoms with van der Waals surface area (Å²) in [5, 5.41) is 6.35. The lowest BCUT2D eigenvalue weighted by atomic mass is 10.1. The number of nitrogens with zero attached hydrogens (tertiary/aromatic N) is 3. The van der Waals surface area contributed by atoms with E-state index in [2.05, 4.69) is 32.8 Å². The molecule has 1 aliphatic heterocycles. The quantitative estimate of drug-likeness (QED) is 0.341. The molecule has 0 fully saturated rings. The summed E-state index contributed by atoms with van der Waals surface area (Å²) in [6, 6.07) is 13.8. The van der Waals surface area contributed by atoms with Crippen LogP contribution in [-0.4, -0.2) is 41.3 Å². The predicted molar refractivity (Wildman–Crippen MR) is 148 cm³/mol. The first-order valence-corrected chi connectivity index (χ1v) is 12.4. The van der Waals surface area contributed by atoms with Crippen molar-refractivity contribution in [2.45, 2.75) is 12.5 Å². The number of nitrogens with one attached hydrogen (secondary N) is 2. The number of anilines is 2. The Labute approximate surface area is 225 Å². The largest absolute Gasteiger partial charge is 0.387 e. The number of halogens is 2. The van der Waals surface area contributed by atoms with Crippen LogP contribution in [0, 0.1) is 0 Å². The van der Waals surface area contributed by atoms with Gasteiger partial charge in [-0.3, -0.25) is 4.79 Å². The molecule has 1 atom stereocenters. The third kappa shape index (κ3) is 7.06. The van der Waals surface area contributed by atoms with E-state index in [1.165, 1.54) is 0 Å². The highest BCUT2D eigenvalue weighted by Gasteiger charge is 2.18. The second kappa shape index (κ2) is 12.9. The zero-order valence-corrected chi connectivity index (χ0v) is 21.4. The molecule has 0 aliphatic carbocycles. The topological polar surface area (TPSA) is 87.2 Å². The van der Waals surface area contributed by atoms with E-state index in [4.69, 9.17) is 23.2 Å². The highest BCUT2D eigenvalue weighted by Crippen LogP contribution is 2.25. The van der Waals surface area contributed by atoms with Gasteiger partial charge in [0.05, 0.1) is 28.2 Å². The normalized spacial score (nSPS) is 13.5. The Balaban J connectivity index is 1.42. The molecule has 0 spiro atoms. The van der Waals surface area contributed by atoms with Gasteiger partial charge < -0.3 is 20.3 Å². The first-order chi connectivity index (χ1) is 18.0. The van der Waals surface area contributed by atoms with Crippen LogP contribution in [0.15, 0.2) is 90.9 Å². The summed E-state index contributed by atoms with van der Waals surface area (Å²) < 4.78 is 0. The molecule has 0 radical (unpaired) electrons. The van der Waals surface area contributed by atoms with Crippen LogP contribution < -0.4 is 15.5 Å². The molecule has 3 aromatic rings. The third-order valence-corrected chi connectivity index (χ3v) is 6.19. The van der Waals surface area contributed by atoms with Gasteiger partial charge in [0, 0.05) is 30.8 Å². The fourth-order valence-electron chi connectivity index (χ4n) is 3.73. The number of hydrogen-bond acceptors (Lipinski definition) is 6. The Morgan fingerprint density at radius 1 is 1.08 bits per heavy atom. The second-order valence-corrected chi connectivity index (χ2v) is 9.02. The van der Waals surface area contributed by atoms with Gasteiger partial charge in [0.2, 0.25) is 5.95 Å². The van der Waals surface area contributed by atoms with E-state index in [1.807, 2.05) is 47.5 Å². The third-order valence-electron chi connectivity index (χ3n) is 5.57.